The maximum atomic E-state index is 12.0. The van der Waals surface area contributed by atoms with Crippen LogP contribution in [0.15, 0.2) is 18.2 Å². The fraction of sp³-hybridized carbons (Fsp3) is 0.588. The lowest BCUT2D eigenvalue weighted by molar-refractivity contribution is -0.124. The first-order chi connectivity index (χ1) is 9.85. The molecule has 1 aromatic carbocycles. The zero-order valence-electron chi connectivity index (χ0n) is 13.5. The Morgan fingerprint density at radius 1 is 1.38 bits per heavy atom. The van der Waals surface area contributed by atoms with Crippen LogP contribution in [0.5, 0.6) is 5.75 Å². The first-order valence-electron chi connectivity index (χ1n) is 7.65. The highest BCUT2D eigenvalue weighted by Gasteiger charge is 2.18. The van der Waals surface area contributed by atoms with Crippen molar-refractivity contribution in [2.45, 2.75) is 52.1 Å². The van der Waals surface area contributed by atoms with E-state index in [1.807, 2.05) is 33.8 Å². The minimum absolute atomic E-state index is 0.0462. The van der Waals surface area contributed by atoms with Gasteiger partial charge < -0.3 is 15.4 Å². The molecule has 0 radical (unpaired) electrons. The van der Waals surface area contributed by atoms with Gasteiger partial charge in [0, 0.05) is 12.0 Å². The smallest absolute Gasteiger partial charge is 0.237 e. The van der Waals surface area contributed by atoms with Crippen LogP contribution in [0.2, 0.25) is 0 Å². The van der Waals surface area contributed by atoms with Gasteiger partial charge in [-0.2, -0.15) is 0 Å². The summed E-state index contributed by atoms with van der Waals surface area (Å²) in [6.07, 6.45) is 1.92. The third-order valence-electron chi connectivity index (χ3n) is 3.51. The molecular formula is C17H26N2O2. The summed E-state index contributed by atoms with van der Waals surface area (Å²) in [5.74, 6) is 1.06. The van der Waals surface area contributed by atoms with Crippen LogP contribution in [0.1, 0.15) is 38.8 Å². The Labute approximate surface area is 127 Å². The molecule has 4 heteroatoms. The largest absolute Gasteiger partial charge is 0.493 e. The van der Waals surface area contributed by atoms with E-state index in [0.717, 1.165) is 31.7 Å². The molecule has 116 valence electrons. The fourth-order valence-corrected chi connectivity index (χ4v) is 2.40. The molecule has 1 atom stereocenters. The van der Waals surface area contributed by atoms with E-state index in [9.17, 15) is 4.79 Å². The molecule has 1 unspecified atom stereocenters. The molecule has 0 fully saturated rings. The van der Waals surface area contributed by atoms with E-state index in [-0.39, 0.29) is 17.5 Å². The summed E-state index contributed by atoms with van der Waals surface area (Å²) in [5.41, 5.74) is 2.40. The Hall–Kier alpha value is -1.55. The van der Waals surface area contributed by atoms with Gasteiger partial charge in [-0.15, -0.1) is 0 Å². The van der Waals surface area contributed by atoms with Crippen LogP contribution >= 0.6 is 0 Å². The maximum absolute atomic E-state index is 12.0. The summed E-state index contributed by atoms with van der Waals surface area (Å²) in [7, 11) is 0. The van der Waals surface area contributed by atoms with Gasteiger partial charge in [-0.25, -0.2) is 0 Å². The quantitative estimate of drug-likeness (QED) is 0.872. The monoisotopic (exact) mass is 290 g/mol. The Morgan fingerprint density at radius 2 is 2.14 bits per heavy atom. The topological polar surface area (TPSA) is 50.4 Å². The number of benzene rings is 1. The number of fused-ring (bicyclic) bond motifs is 1. The third-order valence-corrected chi connectivity index (χ3v) is 3.51. The summed E-state index contributed by atoms with van der Waals surface area (Å²) in [5, 5.41) is 6.26. The molecule has 2 N–H and O–H groups in total. The number of hydrogen-bond acceptors (Lipinski definition) is 3. The minimum Gasteiger partial charge on any atom is -0.493 e. The average molecular weight is 290 g/mol. The van der Waals surface area contributed by atoms with Crippen molar-refractivity contribution in [1.29, 1.82) is 0 Å². The molecule has 0 aromatic heterocycles. The molecular weight excluding hydrogens is 264 g/mol. The van der Waals surface area contributed by atoms with Crippen molar-refractivity contribution >= 4 is 5.91 Å². The molecule has 0 saturated heterocycles. The van der Waals surface area contributed by atoms with Crippen molar-refractivity contribution in [2.24, 2.45) is 0 Å². The molecule has 1 aromatic rings. The molecule has 2 rings (SSSR count). The zero-order valence-corrected chi connectivity index (χ0v) is 13.5. The van der Waals surface area contributed by atoms with E-state index < -0.39 is 0 Å². The number of nitrogens with one attached hydrogen (secondary N) is 2. The Morgan fingerprint density at radius 3 is 2.86 bits per heavy atom. The molecule has 4 nitrogen and oxygen atoms in total. The van der Waals surface area contributed by atoms with Crippen LogP contribution in [0.25, 0.3) is 0 Å². The van der Waals surface area contributed by atoms with Gasteiger partial charge in [-0.1, -0.05) is 12.1 Å². The van der Waals surface area contributed by atoms with E-state index in [2.05, 4.69) is 22.8 Å². The fourth-order valence-electron chi connectivity index (χ4n) is 2.40. The predicted molar refractivity (Wildman–Crippen MR) is 84.7 cm³/mol. The Kier molecular flexibility index (Phi) is 4.88. The van der Waals surface area contributed by atoms with Crippen molar-refractivity contribution in [3.05, 3.63) is 29.3 Å². The third kappa shape index (κ3) is 4.74. The summed E-state index contributed by atoms with van der Waals surface area (Å²) >= 11 is 0. The molecule has 0 saturated carbocycles. The van der Waals surface area contributed by atoms with Gasteiger partial charge >= 0.3 is 0 Å². The zero-order chi connectivity index (χ0) is 15.5. The second kappa shape index (κ2) is 6.48. The van der Waals surface area contributed by atoms with E-state index >= 15 is 0 Å². The van der Waals surface area contributed by atoms with Gasteiger partial charge in [-0.3, -0.25) is 4.79 Å². The lowest BCUT2D eigenvalue weighted by Gasteiger charge is -2.23. The molecule has 0 spiro atoms. The lowest BCUT2D eigenvalue weighted by atomic mass is 10.1. The highest BCUT2D eigenvalue weighted by molar-refractivity contribution is 5.81. The highest BCUT2D eigenvalue weighted by atomic mass is 16.5. The average Bonchev–Trinajstić information content (AvgIpc) is 2.84. The molecule has 0 bridgehead atoms. The summed E-state index contributed by atoms with van der Waals surface area (Å²) in [4.78, 5) is 12.0. The second-order valence-electron chi connectivity index (χ2n) is 6.71. The van der Waals surface area contributed by atoms with Gasteiger partial charge in [0.05, 0.1) is 12.6 Å². The lowest BCUT2D eigenvalue weighted by Crippen LogP contribution is -2.49. The number of ether oxygens (including phenoxy) is 1. The van der Waals surface area contributed by atoms with Crippen LogP contribution in [0, 0.1) is 0 Å². The van der Waals surface area contributed by atoms with E-state index in [1.165, 1.54) is 11.1 Å². The van der Waals surface area contributed by atoms with Crippen molar-refractivity contribution in [1.82, 2.24) is 10.6 Å². The van der Waals surface area contributed by atoms with Gasteiger partial charge in [0.1, 0.15) is 5.75 Å². The van der Waals surface area contributed by atoms with Crippen LogP contribution in [-0.2, 0) is 17.6 Å². The molecule has 21 heavy (non-hydrogen) atoms. The minimum atomic E-state index is -0.187. The molecule has 1 heterocycles. The number of amides is 1. The van der Waals surface area contributed by atoms with Crippen LogP contribution in [-0.4, -0.2) is 30.6 Å². The second-order valence-corrected chi connectivity index (χ2v) is 6.71. The Balaban J connectivity index is 1.77. The van der Waals surface area contributed by atoms with E-state index in [1.54, 1.807) is 0 Å². The number of carbonyl (C=O) groups is 1. The van der Waals surface area contributed by atoms with Gasteiger partial charge in [0.25, 0.3) is 0 Å². The van der Waals surface area contributed by atoms with Crippen molar-refractivity contribution in [2.75, 3.05) is 13.2 Å². The summed E-state index contributed by atoms with van der Waals surface area (Å²) < 4.78 is 5.51. The van der Waals surface area contributed by atoms with Gasteiger partial charge in [-0.05, 0) is 57.9 Å². The SMILES string of the molecule is CC(NCCc1ccc2c(c1)CCO2)C(=O)NC(C)(C)C. The van der Waals surface area contributed by atoms with E-state index in [4.69, 9.17) is 4.74 Å². The van der Waals surface area contributed by atoms with Gasteiger partial charge in [0.2, 0.25) is 5.91 Å². The standard InChI is InChI=1S/C17H26N2O2/c1-12(16(20)19-17(2,3)4)18-9-7-13-5-6-15-14(11-13)8-10-21-15/h5-6,11-12,18H,7-10H2,1-4H3,(H,19,20). The van der Waals surface area contributed by atoms with Crippen molar-refractivity contribution in [3.63, 3.8) is 0 Å². The number of rotatable bonds is 5. The number of carbonyl (C=O) groups excluding carboxylic acids is 1. The number of hydrogen-bond donors (Lipinski definition) is 2. The molecule has 0 aliphatic carbocycles. The van der Waals surface area contributed by atoms with Crippen molar-refractivity contribution < 1.29 is 9.53 Å². The first kappa shape index (κ1) is 15.8. The van der Waals surface area contributed by atoms with Gasteiger partial charge in [0.15, 0.2) is 0 Å². The predicted octanol–water partition coefficient (Wildman–Crippen LogP) is 2.06. The molecule has 1 amide bonds. The normalized spacial score (nSPS) is 15.2. The van der Waals surface area contributed by atoms with Crippen molar-refractivity contribution in [3.8, 4) is 5.75 Å². The summed E-state index contributed by atoms with van der Waals surface area (Å²) in [6, 6.07) is 6.19. The van der Waals surface area contributed by atoms with Crippen LogP contribution in [0.3, 0.4) is 0 Å². The van der Waals surface area contributed by atoms with Crippen LogP contribution < -0.4 is 15.4 Å². The first-order valence-corrected chi connectivity index (χ1v) is 7.65. The molecule has 1 aliphatic heterocycles. The van der Waals surface area contributed by atoms with Crippen LogP contribution in [0.4, 0.5) is 0 Å². The maximum Gasteiger partial charge on any atom is 0.237 e. The molecule has 1 aliphatic rings. The highest BCUT2D eigenvalue weighted by Crippen LogP contribution is 2.25. The van der Waals surface area contributed by atoms with E-state index in [0.29, 0.717) is 0 Å². The summed E-state index contributed by atoms with van der Waals surface area (Å²) in [6.45, 7) is 9.45. The Bertz CT molecular complexity index is 506.